The first-order valence-corrected chi connectivity index (χ1v) is 21.3. The third kappa shape index (κ3) is 15.6. The lowest BCUT2D eigenvalue weighted by Gasteiger charge is -2.28. The number of nitrogens with one attached hydrogen (secondary N) is 4. The number of thioether (sulfide) groups is 2. The van der Waals surface area contributed by atoms with Gasteiger partial charge in [0.15, 0.2) is 52.0 Å². The second-order valence-corrected chi connectivity index (χ2v) is 15.5. The molecule has 0 fully saturated rings. The number of hydrogen-bond acceptors (Lipinski definition) is 17. The molecule has 2 rings (SSSR count). The van der Waals surface area contributed by atoms with E-state index in [1.165, 1.54) is 41.6 Å². The minimum atomic E-state index is -1.20. The molecular weight excluding hydrogens is 855 g/mol. The van der Waals surface area contributed by atoms with E-state index in [1.54, 1.807) is 6.92 Å². The maximum atomic E-state index is 14.0. The summed E-state index contributed by atoms with van der Waals surface area (Å²) in [5.74, 6) is -5.74. The monoisotopic (exact) mass is 913 g/mol. The zero-order valence-corrected chi connectivity index (χ0v) is 37.5. The molecule has 0 aliphatic carbocycles. The highest BCUT2D eigenvalue weighted by Gasteiger charge is 2.33. The Kier molecular flexibility index (Phi) is 22.3. The Morgan fingerprint density at radius 3 is 1.73 bits per heavy atom. The van der Waals surface area contributed by atoms with Crippen LogP contribution in [0, 0.1) is 5.92 Å². The summed E-state index contributed by atoms with van der Waals surface area (Å²) in [6.07, 6.45) is 1.61. The molecule has 0 spiro atoms. The highest BCUT2D eigenvalue weighted by molar-refractivity contribution is 8.00. The van der Waals surface area contributed by atoms with E-state index in [9.17, 15) is 44.4 Å². The summed E-state index contributed by atoms with van der Waals surface area (Å²) in [6.45, 7) is 3.91. The van der Waals surface area contributed by atoms with Crippen LogP contribution in [0.3, 0.4) is 0 Å². The molecule has 0 aliphatic rings. The molecule has 62 heavy (non-hydrogen) atoms. The molecule has 23 heteroatoms. The Labute approximate surface area is 368 Å². The molecule has 2 aromatic rings. The second-order valence-electron chi connectivity index (χ2n) is 13.6. The number of aliphatic imine (C=N–C) groups is 1. The largest absolute Gasteiger partial charge is 0.504 e. The van der Waals surface area contributed by atoms with Gasteiger partial charge in [0.1, 0.15) is 18.1 Å². The number of aromatic hydroxyl groups is 4. The maximum Gasteiger partial charge on any atom is 0.328 e. The lowest BCUT2D eigenvalue weighted by atomic mass is 9.96. The van der Waals surface area contributed by atoms with Gasteiger partial charge in [0.25, 0.3) is 0 Å². The van der Waals surface area contributed by atoms with Gasteiger partial charge in [-0.1, -0.05) is 20.3 Å². The van der Waals surface area contributed by atoms with E-state index in [0.717, 1.165) is 29.6 Å². The number of rotatable bonds is 27. The van der Waals surface area contributed by atoms with Crippen LogP contribution in [0.25, 0.3) is 0 Å². The number of carbonyl (C=O) groups excluding carboxylic acids is 5. The molecule has 0 unspecified atom stereocenters. The number of carbonyl (C=O) groups is 5. The van der Waals surface area contributed by atoms with Crippen molar-refractivity contribution in [1.82, 2.24) is 21.3 Å². The molecule has 0 radical (unpaired) electrons. The number of nitrogens with two attached hydrogens (primary N) is 2. The molecule has 4 atom stereocenters. The minimum Gasteiger partial charge on any atom is -0.504 e. The van der Waals surface area contributed by atoms with Gasteiger partial charge in [-0.3, -0.25) is 24.2 Å². The fraction of sp³-hybridized carbons (Fsp3) is 0.538. The average molecular weight is 914 g/mol. The van der Waals surface area contributed by atoms with Gasteiger partial charge in [-0.2, -0.15) is 0 Å². The molecule has 0 bridgehead atoms. The van der Waals surface area contributed by atoms with Gasteiger partial charge in [-0.05, 0) is 38.0 Å². The molecule has 0 aliphatic heterocycles. The molecule has 0 saturated heterocycles. The number of esters is 1. The summed E-state index contributed by atoms with van der Waals surface area (Å²) >= 11 is 1.73. The lowest BCUT2D eigenvalue weighted by molar-refractivity contribution is -0.146. The topological polar surface area (TPSA) is 325 Å². The van der Waals surface area contributed by atoms with Crippen molar-refractivity contribution in [3.05, 3.63) is 12.1 Å². The van der Waals surface area contributed by atoms with Gasteiger partial charge in [0.05, 0.1) is 56.8 Å². The van der Waals surface area contributed by atoms with Gasteiger partial charge in [0, 0.05) is 25.2 Å². The van der Waals surface area contributed by atoms with Crippen LogP contribution >= 0.6 is 23.5 Å². The standard InChI is InChI=1S/C39H59N7O14S2/c1-8-20(2)29(37(54)45-22(38(55)60-7)13-11-15-43-39(40)41)46-36(53)21(44-28(50)19-62-35-31(52)26(57-4)17-24(48)33(35)59-6)12-9-10-14-42-27(49)18-61-34-30(51)25(56-3)16-23(47)32(34)58-5/h16-17,20-22,29,47-48,51-52H,8-15,18-19H2,1-7H3,(H,42,49)(H,44,50)(H,45,54)(H,46,53)(H4,40,41,43)/t20-,21-,22-,29-/m0/s1. The van der Waals surface area contributed by atoms with Crippen molar-refractivity contribution in [2.24, 2.45) is 22.4 Å². The summed E-state index contributed by atoms with van der Waals surface area (Å²) in [4.78, 5) is 70.4. The van der Waals surface area contributed by atoms with Crippen molar-refractivity contribution in [3.63, 3.8) is 0 Å². The van der Waals surface area contributed by atoms with Crippen molar-refractivity contribution < 1.29 is 68.1 Å². The van der Waals surface area contributed by atoms with Crippen LogP contribution in [0.15, 0.2) is 26.9 Å². The predicted molar refractivity (Wildman–Crippen MR) is 231 cm³/mol. The van der Waals surface area contributed by atoms with Crippen LogP contribution in [0.2, 0.25) is 0 Å². The van der Waals surface area contributed by atoms with Crippen LogP contribution < -0.4 is 51.7 Å². The predicted octanol–water partition coefficient (Wildman–Crippen LogP) is 1.44. The number of guanidine groups is 1. The number of unbranched alkanes of at least 4 members (excludes halogenated alkanes) is 1. The quantitative estimate of drug-likeness (QED) is 0.0151. The van der Waals surface area contributed by atoms with Gasteiger partial charge >= 0.3 is 5.97 Å². The lowest BCUT2D eigenvalue weighted by Crippen LogP contribution is -2.57. The zero-order valence-electron chi connectivity index (χ0n) is 35.8. The third-order valence-corrected chi connectivity index (χ3v) is 11.4. The number of phenols is 4. The summed E-state index contributed by atoms with van der Waals surface area (Å²) in [6, 6.07) is -1.09. The molecule has 346 valence electrons. The van der Waals surface area contributed by atoms with Gasteiger partial charge in [0.2, 0.25) is 23.6 Å². The highest BCUT2D eigenvalue weighted by Crippen LogP contribution is 2.49. The second kappa shape index (κ2) is 26.5. The van der Waals surface area contributed by atoms with Crippen LogP contribution in [-0.4, -0.2) is 134 Å². The SMILES string of the molecule is CC[C@H](C)[C@H](NC(=O)[C@H](CCCCNC(=O)CSc1c(O)c(OC)cc(O)c1OC)NC(=O)CSc1c(O)c(OC)cc(O)c1OC)C(=O)N[C@@H](CCCN=C(N)N)C(=O)OC. The molecule has 4 amide bonds. The Hall–Kier alpha value is -5.84. The number of hydrogen-bond donors (Lipinski definition) is 10. The summed E-state index contributed by atoms with van der Waals surface area (Å²) in [5.41, 5.74) is 10.8. The number of nitrogens with zero attached hydrogens (tertiary/aromatic N) is 1. The van der Waals surface area contributed by atoms with E-state index >= 15 is 0 Å². The zero-order chi connectivity index (χ0) is 46.5. The van der Waals surface area contributed by atoms with Crippen LogP contribution in [-0.2, 0) is 28.7 Å². The molecule has 0 aromatic heterocycles. The average Bonchev–Trinajstić information content (AvgIpc) is 3.24. The Balaban J connectivity index is 2.24. The van der Waals surface area contributed by atoms with Gasteiger partial charge < -0.3 is 76.8 Å². The number of ether oxygens (including phenoxy) is 5. The van der Waals surface area contributed by atoms with Crippen molar-refractivity contribution in [2.75, 3.05) is 60.1 Å². The fourth-order valence-electron chi connectivity index (χ4n) is 5.81. The van der Waals surface area contributed by atoms with E-state index in [2.05, 4.69) is 26.3 Å². The van der Waals surface area contributed by atoms with Crippen LogP contribution in [0.5, 0.6) is 46.0 Å². The molecule has 12 N–H and O–H groups in total. The number of methoxy groups -OCH3 is 5. The first kappa shape index (κ1) is 52.3. The number of phenolic OH excluding ortho intramolecular Hbond substituents is 4. The van der Waals surface area contributed by atoms with Gasteiger partial charge in [-0.25, -0.2) is 4.79 Å². The van der Waals surface area contributed by atoms with E-state index in [0.29, 0.717) is 25.7 Å². The summed E-state index contributed by atoms with van der Waals surface area (Å²) in [5, 5.41) is 52.7. The van der Waals surface area contributed by atoms with E-state index in [1.807, 2.05) is 6.92 Å². The molecule has 21 nitrogen and oxygen atoms in total. The van der Waals surface area contributed by atoms with Crippen molar-refractivity contribution in [3.8, 4) is 46.0 Å². The normalized spacial score (nSPS) is 12.7. The first-order valence-electron chi connectivity index (χ1n) is 19.4. The van der Waals surface area contributed by atoms with E-state index < -0.39 is 53.6 Å². The smallest absolute Gasteiger partial charge is 0.328 e. The first-order chi connectivity index (χ1) is 29.5. The van der Waals surface area contributed by atoms with Gasteiger partial charge in [-0.15, -0.1) is 23.5 Å². The summed E-state index contributed by atoms with van der Waals surface area (Å²) in [7, 11) is 6.34. The molecule has 2 aromatic carbocycles. The Morgan fingerprint density at radius 1 is 0.710 bits per heavy atom. The minimum absolute atomic E-state index is 0.00886. The Morgan fingerprint density at radius 2 is 1.24 bits per heavy atom. The maximum absolute atomic E-state index is 14.0. The summed E-state index contributed by atoms with van der Waals surface area (Å²) < 4.78 is 25.5. The Bertz CT molecular complexity index is 1880. The molecule has 0 saturated carbocycles. The molecular formula is C39H59N7O14S2. The van der Waals surface area contributed by atoms with Crippen LogP contribution in [0.1, 0.15) is 52.4 Å². The van der Waals surface area contributed by atoms with Crippen molar-refractivity contribution in [1.29, 1.82) is 0 Å². The van der Waals surface area contributed by atoms with Crippen LogP contribution in [0.4, 0.5) is 0 Å². The highest BCUT2D eigenvalue weighted by atomic mass is 32.2. The van der Waals surface area contributed by atoms with Crippen molar-refractivity contribution in [2.45, 2.75) is 80.3 Å². The number of amides is 4. The van der Waals surface area contributed by atoms with E-state index in [4.69, 9.17) is 35.2 Å². The third-order valence-electron chi connectivity index (χ3n) is 9.29. The van der Waals surface area contributed by atoms with Crippen molar-refractivity contribution >= 4 is 59.1 Å². The van der Waals surface area contributed by atoms with E-state index in [-0.39, 0.29) is 99.2 Å². The molecule has 0 heterocycles. The number of benzene rings is 2. The fourth-order valence-corrected chi connectivity index (χ4v) is 7.65.